The van der Waals surface area contributed by atoms with E-state index in [4.69, 9.17) is 9.47 Å². The minimum absolute atomic E-state index is 0.0253. The summed E-state index contributed by atoms with van der Waals surface area (Å²) in [5.41, 5.74) is -0.493. The fourth-order valence-electron chi connectivity index (χ4n) is 4.69. The molecule has 2 amide bonds. The summed E-state index contributed by atoms with van der Waals surface area (Å²) in [6, 6.07) is 8.51. The highest BCUT2D eigenvalue weighted by molar-refractivity contribution is 6.12. The van der Waals surface area contributed by atoms with Crippen molar-refractivity contribution in [3.05, 3.63) is 41.7 Å². The first kappa shape index (κ1) is 22.8. The number of ether oxygens (including phenoxy) is 2. The normalized spacial score (nSPS) is 24.7. The topological polar surface area (TPSA) is 103 Å². The Labute approximate surface area is 193 Å². The third kappa shape index (κ3) is 4.19. The Balaban J connectivity index is 1.74. The Morgan fingerprint density at radius 3 is 2.55 bits per heavy atom. The van der Waals surface area contributed by atoms with Gasteiger partial charge >= 0.3 is 5.97 Å². The maximum absolute atomic E-state index is 13.7. The van der Waals surface area contributed by atoms with Gasteiger partial charge in [0.2, 0.25) is 5.91 Å². The number of nitrogens with one attached hydrogen (secondary N) is 1. The molecule has 0 unspecified atom stereocenters. The molecule has 1 fully saturated rings. The quantitative estimate of drug-likeness (QED) is 0.697. The third-order valence-corrected chi connectivity index (χ3v) is 6.70. The first-order valence-electron chi connectivity index (χ1n) is 11.2. The van der Waals surface area contributed by atoms with Gasteiger partial charge in [-0.3, -0.25) is 19.2 Å². The Morgan fingerprint density at radius 1 is 1.15 bits per heavy atom. The highest BCUT2D eigenvalue weighted by atomic mass is 16.5. The Hall–Kier alpha value is -3.36. The molecule has 4 rings (SSSR count). The fourth-order valence-corrected chi connectivity index (χ4v) is 4.69. The van der Waals surface area contributed by atoms with Crippen molar-refractivity contribution >= 4 is 23.5 Å². The van der Waals surface area contributed by atoms with E-state index in [0.717, 1.165) is 25.7 Å². The molecule has 2 aliphatic rings. The van der Waals surface area contributed by atoms with Crippen molar-refractivity contribution in [2.45, 2.75) is 57.7 Å². The fraction of sp³-hybridized carbons (Fsp3) is 0.500. The molecule has 176 valence electrons. The van der Waals surface area contributed by atoms with Crippen LogP contribution in [0.25, 0.3) is 0 Å². The number of methoxy groups -OCH3 is 2. The average molecular weight is 455 g/mol. The zero-order valence-corrected chi connectivity index (χ0v) is 19.5. The third-order valence-electron chi connectivity index (χ3n) is 6.70. The van der Waals surface area contributed by atoms with Crippen molar-refractivity contribution in [1.29, 1.82) is 0 Å². The first-order chi connectivity index (χ1) is 15.8. The second-order valence-electron chi connectivity index (χ2n) is 9.11. The SMILES string of the molecule is COC(=O)c1cc2n(n1)C[C@](C)(C(=O)NC1CCC(C)CC1)N(c1cccc(OC)c1)C2=O. The largest absolute Gasteiger partial charge is 0.497 e. The van der Waals surface area contributed by atoms with Crippen LogP contribution in [0, 0.1) is 5.92 Å². The monoisotopic (exact) mass is 454 g/mol. The van der Waals surface area contributed by atoms with Gasteiger partial charge in [-0.25, -0.2) is 4.79 Å². The molecule has 1 atom stereocenters. The van der Waals surface area contributed by atoms with E-state index in [1.807, 2.05) is 0 Å². The molecule has 1 saturated carbocycles. The zero-order chi connectivity index (χ0) is 23.8. The number of rotatable bonds is 5. The minimum atomic E-state index is -1.26. The summed E-state index contributed by atoms with van der Waals surface area (Å²) in [4.78, 5) is 40.9. The summed E-state index contributed by atoms with van der Waals surface area (Å²) in [5.74, 6) is -0.0912. The molecular weight excluding hydrogens is 424 g/mol. The Kier molecular flexibility index (Phi) is 6.14. The number of carbonyl (C=O) groups is 3. The van der Waals surface area contributed by atoms with E-state index in [2.05, 4.69) is 17.3 Å². The summed E-state index contributed by atoms with van der Waals surface area (Å²) in [6.07, 6.45) is 3.95. The van der Waals surface area contributed by atoms with E-state index >= 15 is 0 Å². The summed E-state index contributed by atoms with van der Waals surface area (Å²) >= 11 is 0. The van der Waals surface area contributed by atoms with Crippen molar-refractivity contribution < 1.29 is 23.9 Å². The van der Waals surface area contributed by atoms with Gasteiger partial charge in [0.15, 0.2) is 5.69 Å². The van der Waals surface area contributed by atoms with Crippen LogP contribution in [0.1, 0.15) is 60.5 Å². The zero-order valence-electron chi connectivity index (χ0n) is 19.5. The number of amides is 2. The van der Waals surface area contributed by atoms with Crippen molar-refractivity contribution in [1.82, 2.24) is 15.1 Å². The molecule has 2 aromatic rings. The molecule has 1 aliphatic heterocycles. The lowest BCUT2D eigenvalue weighted by Gasteiger charge is -2.44. The molecule has 9 nitrogen and oxygen atoms in total. The molecule has 1 aromatic heterocycles. The van der Waals surface area contributed by atoms with Crippen LogP contribution < -0.4 is 15.0 Å². The maximum atomic E-state index is 13.7. The molecule has 0 radical (unpaired) electrons. The van der Waals surface area contributed by atoms with Gasteiger partial charge in [-0.2, -0.15) is 5.10 Å². The number of hydrogen-bond acceptors (Lipinski definition) is 6. The van der Waals surface area contributed by atoms with Crippen LogP contribution in [0.2, 0.25) is 0 Å². The molecule has 2 heterocycles. The Bertz CT molecular complexity index is 1070. The first-order valence-corrected chi connectivity index (χ1v) is 11.2. The van der Waals surface area contributed by atoms with Gasteiger partial charge in [-0.05, 0) is 50.7 Å². The van der Waals surface area contributed by atoms with E-state index in [1.165, 1.54) is 22.8 Å². The van der Waals surface area contributed by atoms with Gasteiger partial charge in [0.25, 0.3) is 5.91 Å². The minimum Gasteiger partial charge on any atom is -0.497 e. The number of anilines is 1. The van der Waals surface area contributed by atoms with Gasteiger partial charge in [-0.15, -0.1) is 0 Å². The molecule has 9 heteroatoms. The van der Waals surface area contributed by atoms with Gasteiger partial charge in [0, 0.05) is 23.9 Å². The number of carbonyl (C=O) groups excluding carboxylic acids is 3. The summed E-state index contributed by atoms with van der Waals surface area (Å²) in [7, 11) is 2.80. The van der Waals surface area contributed by atoms with Crippen molar-refractivity contribution in [2.24, 2.45) is 5.92 Å². The lowest BCUT2D eigenvalue weighted by molar-refractivity contribution is -0.127. The summed E-state index contributed by atoms with van der Waals surface area (Å²) in [5, 5.41) is 7.43. The van der Waals surface area contributed by atoms with Crippen LogP contribution in [0.3, 0.4) is 0 Å². The van der Waals surface area contributed by atoms with Gasteiger partial charge < -0.3 is 14.8 Å². The van der Waals surface area contributed by atoms with E-state index < -0.39 is 17.4 Å². The second-order valence-corrected chi connectivity index (χ2v) is 9.11. The molecular formula is C24H30N4O5. The van der Waals surface area contributed by atoms with Crippen molar-refractivity contribution in [3.8, 4) is 5.75 Å². The van der Waals surface area contributed by atoms with Crippen molar-refractivity contribution in [2.75, 3.05) is 19.1 Å². The second kappa shape index (κ2) is 8.88. The van der Waals surface area contributed by atoms with E-state index in [-0.39, 0.29) is 29.9 Å². The number of nitrogens with zero attached hydrogens (tertiary/aromatic N) is 3. The molecule has 1 N–H and O–H groups in total. The van der Waals surface area contributed by atoms with Crippen LogP contribution in [0.15, 0.2) is 30.3 Å². The smallest absolute Gasteiger partial charge is 0.358 e. The lowest BCUT2D eigenvalue weighted by atomic mass is 9.86. The van der Waals surface area contributed by atoms with Crippen LogP contribution in [0.4, 0.5) is 5.69 Å². The number of esters is 1. The molecule has 1 aliphatic carbocycles. The average Bonchev–Trinajstić information content (AvgIpc) is 3.24. The Morgan fingerprint density at radius 2 is 1.88 bits per heavy atom. The number of benzene rings is 1. The summed E-state index contributed by atoms with van der Waals surface area (Å²) < 4.78 is 11.5. The molecule has 0 spiro atoms. The number of fused-ring (bicyclic) bond motifs is 1. The van der Waals surface area contributed by atoms with Gasteiger partial charge in [-0.1, -0.05) is 13.0 Å². The van der Waals surface area contributed by atoms with Crippen LogP contribution >= 0.6 is 0 Å². The van der Waals surface area contributed by atoms with Crippen LogP contribution in [0.5, 0.6) is 5.75 Å². The lowest BCUT2D eigenvalue weighted by Crippen LogP contribution is -2.65. The molecule has 33 heavy (non-hydrogen) atoms. The highest BCUT2D eigenvalue weighted by Crippen LogP contribution is 2.35. The predicted octanol–water partition coefficient (Wildman–Crippen LogP) is 2.79. The number of aromatic nitrogens is 2. The van der Waals surface area contributed by atoms with Crippen molar-refractivity contribution in [3.63, 3.8) is 0 Å². The molecule has 0 saturated heterocycles. The van der Waals surface area contributed by atoms with E-state index in [0.29, 0.717) is 17.4 Å². The standard InChI is InChI=1S/C24H30N4O5/c1-15-8-10-16(11-9-15)25-23(31)24(2)14-27-20(13-19(26-27)22(30)33-4)21(29)28(24)17-6-5-7-18(12-17)32-3/h5-7,12-13,15-16H,8-11,14H2,1-4H3,(H,25,31)/t15?,16?,24-/m1/s1. The van der Waals surface area contributed by atoms with Gasteiger partial charge in [0.05, 0.1) is 20.8 Å². The van der Waals surface area contributed by atoms with Crippen LogP contribution in [-0.4, -0.2) is 53.4 Å². The van der Waals surface area contributed by atoms with E-state index in [9.17, 15) is 14.4 Å². The van der Waals surface area contributed by atoms with E-state index in [1.54, 1.807) is 38.3 Å². The molecule has 1 aromatic carbocycles. The van der Waals surface area contributed by atoms with Crippen LogP contribution in [-0.2, 0) is 16.1 Å². The summed E-state index contributed by atoms with van der Waals surface area (Å²) in [6.45, 7) is 4.05. The van der Waals surface area contributed by atoms with Gasteiger partial charge in [0.1, 0.15) is 17.0 Å². The highest BCUT2D eigenvalue weighted by Gasteiger charge is 2.49. The predicted molar refractivity (Wildman–Crippen MR) is 121 cm³/mol. The molecule has 0 bridgehead atoms. The maximum Gasteiger partial charge on any atom is 0.358 e. The number of hydrogen-bond donors (Lipinski definition) is 1.